The standard InChI is InChI=1S/C5H5NO4/c6-3-10-5(9)2-1-4(7)8/h1-2H2,(H,7,8). The lowest BCUT2D eigenvalue weighted by molar-refractivity contribution is -0.143. The summed E-state index contributed by atoms with van der Waals surface area (Å²) in [6, 6.07) is 0. The van der Waals surface area contributed by atoms with Crippen LogP contribution < -0.4 is 0 Å². The lowest BCUT2D eigenvalue weighted by atomic mass is 10.3. The van der Waals surface area contributed by atoms with Gasteiger partial charge >= 0.3 is 11.9 Å². The molecule has 0 heterocycles. The minimum atomic E-state index is -1.09. The van der Waals surface area contributed by atoms with E-state index in [1.165, 1.54) is 0 Å². The van der Waals surface area contributed by atoms with Crippen LogP contribution in [0.5, 0.6) is 0 Å². The zero-order valence-corrected chi connectivity index (χ0v) is 5.03. The minimum Gasteiger partial charge on any atom is -0.481 e. The summed E-state index contributed by atoms with van der Waals surface area (Å²) in [5.74, 6) is -1.90. The summed E-state index contributed by atoms with van der Waals surface area (Å²) in [5, 5.41) is 15.8. The van der Waals surface area contributed by atoms with Crippen molar-refractivity contribution < 1.29 is 19.4 Å². The molecular weight excluding hydrogens is 138 g/mol. The number of carboxylic acid groups (broad SMARTS) is 1. The summed E-state index contributed by atoms with van der Waals surface area (Å²) in [4.78, 5) is 20.1. The zero-order chi connectivity index (χ0) is 7.98. The van der Waals surface area contributed by atoms with E-state index in [2.05, 4.69) is 4.74 Å². The molecule has 5 heteroatoms. The number of rotatable bonds is 3. The number of ether oxygens (including phenoxy) is 1. The highest BCUT2D eigenvalue weighted by Crippen LogP contribution is 1.90. The smallest absolute Gasteiger partial charge is 0.322 e. The van der Waals surface area contributed by atoms with E-state index in [0.29, 0.717) is 0 Å². The Morgan fingerprint density at radius 1 is 1.50 bits per heavy atom. The lowest BCUT2D eigenvalue weighted by Gasteiger charge is -1.89. The van der Waals surface area contributed by atoms with Gasteiger partial charge in [0, 0.05) is 0 Å². The number of carbonyl (C=O) groups is 2. The fourth-order valence-electron chi connectivity index (χ4n) is 0.311. The van der Waals surface area contributed by atoms with Gasteiger partial charge in [0.1, 0.15) is 0 Å². The van der Waals surface area contributed by atoms with Crippen molar-refractivity contribution in [1.82, 2.24) is 0 Å². The number of nitrogens with zero attached hydrogens (tertiary/aromatic N) is 1. The predicted molar refractivity (Wildman–Crippen MR) is 28.6 cm³/mol. The molecule has 0 aliphatic carbocycles. The van der Waals surface area contributed by atoms with Crippen LogP contribution in [-0.4, -0.2) is 17.0 Å². The van der Waals surface area contributed by atoms with Gasteiger partial charge in [0.15, 0.2) is 0 Å². The molecule has 0 aromatic heterocycles. The van der Waals surface area contributed by atoms with E-state index in [9.17, 15) is 9.59 Å². The topological polar surface area (TPSA) is 87.4 Å². The highest BCUT2D eigenvalue weighted by Gasteiger charge is 2.05. The van der Waals surface area contributed by atoms with Crippen LogP contribution in [0.4, 0.5) is 0 Å². The first kappa shape index (κ1) is 8.43. The van der Waals surface area contributed by atoms with Crippen molar-refractivity contribution in [3.8, 4) is 6.26 Å². The third kappa shape index (κ3) is 4.59. The van der Waals surface area contributed by atoms with Gasteiger partial charge < -0.3 is 9.84 Å². The molecule has 0 aliphatic rings. The Morgan fingerprint density at radius 3 is 2.50 bits per heavy atom. The van der Waals surface area contributed by atoms with E-state index in [-0.39, 0.29) is 12.8 Å². The monoisotopic (exact) mass is 143 g/mol. The molecule has 0 spiro atoms. The summed E-state index contributed by atoms with van der Waals surface area (Å²) in [6.07, 6.45) is 0.583. The molecule has 0 bridgehead atoms. The third-order valence-corrected chi connectivity index (χ3v) is 0.702. The van der Waals surface area contributed by atoms with Crippen molar-refractivity contribution in [2.45, 2.75) is 12.8 Å². The molecule has 0 fully saturated rings. The molecule has 0 rings (SSSR count). The number of hydrogen-bond acceptors (Lipinski definition) is 4. The minimum absolute atomic E-state index is 0.261. The van der Waals surface area contributed by atoms with E-state index >= 15 is 0 Å². The first-order valence-electron chi connectivity index (χ1n) is 2.47. The number of nitriles is 1. The van der Waals surface area contributed by atoms with Crippen molar-refractivity contribution in [2.75, 3.05) is 0 Å². The Bertz CT molecular complexity index is 181. The highest BCUT2D eigenvalue weighted by molar-refractivity contribution is 5.76. The van der Waals surface area contributed by atoms with Crippen molar-refractivity contribution in [3.63, 3.8) is 0 Å². The van der Waals surface area contributed by atoms with Gasteiger partial charge in [-0.1, -0.05) is 0 Å². The SMILES string of the molecule is N#COC(=O)CCC(=O)O. The molecule has 0 unspecified atom stereocenters. The number of carbonyl (C=O) groups excluding carboxylic acids is 1. The van der Waals surface area contributed by atoms with Crippen LogP contribution in [-0.2, 0) is 14.3 Å². The lowest BCUT2D eigenvalue weighted by Crippen LogP contribution is -2.03. The van der Waals surface area contributed by atoms with Gasteiger partial charge in [-0.3, -0.25) is 9.59 Å². The number of carboxylic acids is 1. The summed E-state index contributed by atoms with van der Waals surface area (Å²) < 4.78 is 3.80. The fourth-order valence-corrected chi connectivity index (χ4v) is 0.311. The van der Waals surface area contributed by atoms with Crippen LogP contribution in [0.1, 0.15) is 12.8 Å². The Hall–Kier alpha value is -1.57. The summed E-state index contributed by atoms with van der Waals surface area (Å²) in [7, 11) is 0. The Morgan fingerprint density at radius 2 is 2.10 bits per heavy atom. The van der Waals surface area contributed by atoms with E-state index in [0.717, 1.165) is 6.26 Å². The van der Waals surface area contributed by atoms with E-state index in [4.69, 9.17) is 10.4 Å². The summed E-state index contributed by atoms with van der Waals surface area (Å²) in [6.45, 7) is 0. The van der Waals surface area contributed by atoms with E-state index in [1.807, 2.05) is 0 Å². The summed E-state index contributed by atoms with van der Waals surface area (Å²) in [5.41, 5.74) is 0. The number of aliphatic carboxylic acids is 1. The second kappa shape index (κ2) is 4.32. The average molecular weight is 143 g/mol. The van der Waals surface area contributed by atoms with Crippen molar-refractivity contribution in [2.24, 2.45) is 0 Å². The second-order valence-corrected chi connectivity index (χ2v) is 1.46. The van der Waals surface area contributed by atoms with Gasteiger partial charge in [-0.2, -0.15) is 0 Å². The van der Waals surface area contributed by atoms with Crippen LogP contribution in [0, 0.1) is 11.5 Å². The van der Waals surface area contributed by atoms with Gasteiger partial charge in [0.05, 0.1) is 12.8 Å². The largest absolute Gasteiger partial charge is 0.481 e. The Balaban J connectivity index is 3.42. The maximum Gasteiger partial charge on any atom is 0.322 e. The Labute approximate surface area is 56.8 Å². The maximum absolute atomic E-state index is 10.2. The molecule has 5 nitrogen and oxygen atoms in total. The molecule has 1 N–H and O–H groups in total. The molecule has 0 aromatic carbocycles. The quantitative estimate of drug-likeness (QED) is 0.439. The normalized spacial score (nSPS) is 7.90. The van der Waals surface area contributed by atoms with Gasteiger partial charge in [-0.25, -0.2) is 0 Å². The van der Waals surface area contributed by atoms with E-state index in [1.54, 1.807) is 0 Å². The molecule has 0 saturated heterocycles. The molecule has 0 atom stereocenters. The van der Waals surface area contributed by atoms with Gasteiger partial charge in [-0.15, -0.1) is 5.26 Å². The molecule has 54 valence electrons. The number of hydrogen-bond donors (Lipinski definition) is 1. The van der Waals surface area contributed by atoms with Crippen LogP contribution in [0.2, 0.25) is 0 Å². The average Bonchev–Trinajstić information content (AvgIpc) is 1.85. The van der Waals surface area contributed by atoms with Crippen LogP contribution in [0.25, 0.3) is 0 Å². The zero-order valence-electron chi connectivity index (χ0n) is 5.03. The highest BCUT2D eigenvalue weighted by atomic mass is 16.5. The molecule has 0 radical (unpaired) electrons. The first-order valence-corrected chi connectivity index (χ1v) is 2.47. The Kier molecular flexibility index (Phi) is 3.64. The predicted octanol–water partition coefficient (Wildman–Crippen LogP) is -0.125. The first-order chi connectivity index (χ1) is 4.66. The molecule has 0 aromatic rings. The maximum atomic E-state index is 10.2. The van der Waals surface area contributed by atoms with E-state index < -0.39 is 11.9 Å². The van der Waals surface area contributed by atoms with Crippen LogP contribution >= 0.6 is 0 Å². The molecule has 0 saturated carbocycles. The van der Waals surface area contributed by atoms with Gasteiger partial charge in [0.25, 0.3) is 6.26 Å². The number of esters is 1. The van der Waals surface area contributed by atoms with Gasteiger partial charge in [0.2, 0.25) is 0 Å². The van der Waals surface area contributed by atoms with Crippen molar-refractivity contribution in [3.05, 3.63) is 0 Å². The second-order valence-electron chi connectivity index (χ2n) is 1.46. The van der Waals surface area contributed by atoms with Crippen LogP contribution in [0.3, 0.4) is 0 Å². The molecule has 0 aliphatic heterocycles. The fraction of sp³-hybridized carbons (Fsp3) is 0.400. The van der Waals surface area contributed by atoms with Crippen LogP contribution in [0.15, 0.2) is 0 Å². The van der Waals surface area contributed by atoms with Gasteiger partial charge in [-0.05, 0) is 0 Å². The van der Waals surface area contributed by atoms with Crippen molar-refractivity contribution >= 4 is 11.9 Å². The summed E-state index contributed by atoms with van der Waals surface area (Å²) >= 11 is 0. The molecule has 10 heavy (non-hydrogen) atoms. The van der Waals surface area contributed by atoms with Crippen molar-refractivity contribution in [1.29, 1.82) is 5.26 Å². The molecular formula is C5H5NO4. The molecule has 0 amide bonds. The third-order valence-electron chi connectivity index (χ3n) is 0.702.